The number of hydrogen-bond donors (Lipinski definition) is 1. The van der Waals surface area contributed by atoms with Crippen LogP contribution >= 0.6 is 11.5 Å². The third-order valence-electron chi connectivity index (χ3n) is 1.45. The molecule has 0 aliphatic rings. The lowest BCUT2D eigenvalue weighted by molar-refractivity contribution is 0.399. The van der Waals surface area contributed by atoms with E-state index in [2.05, 4.69) is 33.9 Å². The molecule has 4 nitrogen and oxygen atoms in total. The second kappa shape index (κ2) is 5.18. The summed E-state index contributed by atoms with van der Waals surface area (Å²) in [7, 11) is 4.12. The molecule has 5 heteroatoms. The minimum atomic E-state index is 0.824. The zero-order valence-corrected chi connectivity index (χ0v) is 8.27. The van der Waals surface area contributed by atoms with Crippen LogP contribution in [-0.4, -0.2) is 41.7 Å². The summed E-state index contributed by atoms with van der Waals surface area (Å²) in [5.41, 5.74) is 1.03. The maximum Gasteiger partial charge on any atom is 0.0893 e. The normalized spacial score (nSPS) is 10.9. The van der Waals surface area contributed by atoms with Crippen LogP contribution < -0.4 is 5.32 Å². The Hall–Kier alpha value is -0.520. The van der Waals surface area contributed by atoms with Gasteiger partial charge in [-0.2, -0.15) is 0 Å². The third kappa shape index (κ3) is 3.75. The third-order valence-corrected chi connectivity index (χ3v) is 2.00. The highest BCUT2D eigenvalue weighted by molar-refractivity contribution is 7.03. The maximum atomic E-state index is 3.93. The highest BCUT2D eigenvalue weighted by Crippen LogP contribution is 1.94. The summed E-state index contributed by atoms with van der Waals surface area (Å²) in [6, 6.07) is 0. The molecule has 0 radical (unpaired) electrons. The van der Waals surface area contributed by atoms with Crippen LogP contribution in [0, 0.1) is 0 Å². The van der Waals surface area contributed by atoms with Crippen molar-refractivity contribution >= 4 is 11.5 Å². The SMILES string of the molecule is CN(C)CCNCc1csnn1. The van der Waals surface area contributed by atoms with E-state index in [1.54, 1.807) is 0 Å². The molecule has 1 heterocycles. The molecule has 0 fully saturated rings. The zero-order chi connectivity index (χ0) is 8.81. The van der Waals surface area contributed by atoms with E-state index in [1.807, 2.05) is 5.38 Å². The fourth-order valence-corrected chi connectivity index (χ4v) is 1.23. The molecule has 0 saturated carbocycles. The van der Waals surface area contributed by atoms with Crippen LogP contribution in [0.3, 0.4) is 0 Å². The van der Waals surface area contributed by atoms with E-state index >= 15 is 0 Å². The molecule has 68 valence electrons. The Kier molecular flexibility index (Phi) is 4.13. The predicted molar refractivity (Wildman–Crippen MR) is 50.2 cm³/mol. The van der Waals surface area contributed by atoms with E-state index in [4.69, 9.17) is 0 Å². The lowest BCUT2D eigenvalue weighted by Gasteiger charge is -2.08. The van der Waals surface area contributed by atoms with Gasteiger partial charge in [-0.3, -0.25) is 0 Å². The predicted octanol–water partition coefficient (Wildman–Crippen LogP) is 0.189. The number of aromatic nitrogens is 2. The van der Waals surface area contributed by atoms with Gasteiger partial charge in [0.05, 0.1) is 5.69 Å². The average Bonchev–Trinajstić information content (AvgIpc) is 2.49. The van der Waals surface area contributed by atoms with Gasteiger partial charge in [0.15, 0.2) is 0 Å². The monoisotopic (exact) mass is 186 g/mol. The topological polar surface area (TPSA) is 41.0 Å². The van der Waals surface area contributed by atoms with Crippen molar-refractivity contribution in [1.29, 1.82) is 0 Å². The van der Waals surface area contributed by atoms with Crippen molar-refractivity contribution in [1.82, 2.24) is 19.8 Å². The minimum absolute atomic E-state index is 0.824. The van der Waals surface area contributed by atoms with E-state index in [1.165, 1.54) is 11.5 Å². The minimum Gasteiger partial charge on any atom is -0.310 e. The molecule has 0 spiro atoms. The summed E-state index contributed by atoms with van der Waals surface area (Å²) >= 11 is 1.39. The standard InChI is InChI=1S/C7H14N4S/c1-11(2)4-3-8-5-7-6-12-10-9-7/h6,8H,3-5H2,1-2H3. The Morgan fingerprint density at radius 3 is 3.00 bits per heavy atom. The Bertz CT molecular complexity index is 197. The molecule has 0 saturated heterocycles. The molecule has 0 aromatic carbocycles. The van der Waals surface area contributed by atoms with Crippen molar-refractivity contribution in [3.63, 3.8) is 0 Å². The highest BCUT2D eigenvalue weighted by Gasteiger charge is 1.94. The molecule has 1 aromatic heterocycles. The first-order valence-electron chi connectivity index (χ1n) is 3.90. The van der Waals surface area contributed by atoms with Gasteiger partial charge in [0.2, 0.25) is 0 Å². The molecule has 12 heavy (non-hydrogen) atoms. The Morgan fingerprint density at radius 2 is 2.42 bits per heavy atom. The molecule has 0 aliphatic carbocycles. The van der Waals surface area contributed by atoms with E-state index in [-0.39, 0.29) is 0 Å². The van der Waals surface area contributed by atoms with Gasteiger partial charge in [-0.25, -0.2) is 0 Å². The van der Waals surface area contributed by atoms with E-state index in [0.717, 1.165) is 25.3 Å². The zero-order valence-electron chi connectivity index (χ0n) is 7.45. The van der Waals surface area contributed by atoms with Crippen molar-refractivity contribution in [2.75, 3.05) is 27.2 Å². The second-order valence-electron chi connectivity index (χ2n) is 2.88. The lowest BCUT2D eigenvalue weighted by atomic mass is 10.5. The van der Waals surface area contributed by atoms with Crippen LogP contribution in [0.5, 0.6) is 0 Å². The number of hydrogen-bond acceptors (Lipinski definition) is 5. The van der Waals surface area contributed by atoms with Crippen molar-refractivity contribution in [3.05, 3.63) is 11.1 Å². The second-order valence-corrected chi connectivity index (χ2v) is 3.49. The summed E-state index contributed by atoms with van der Waals surface area (Å²) in [5.74, 6) is 0. The van der Waals surface area contributed by atoms with Gasteiger partial charge < -0.3 is 10.2 Å². The lowest BCUT2D eigenvalue weighted by Crippen LogP contribution is -2.26. The van der Waals surface area contributed by atoms with Crippen molar-refractivity contribution in [2.24, 2.45) is 0 Å². The molecule has 1 N–H and O–H groups in total. The van der Waals surface area contributed by atoms with Gasteiger partial charge in [-0.15, -0.1) is 5.10 Å². The molecular weight excluding hydrogens is 172 g/mol. The van der Waals surface area contributed by atoms with Crippen LogP contribution in [0.2, 0.25) is 0 Å². The molecule has 0 bridgehead atoms. The number of nitrogens with zero attached hydrogens (tertiary/aromatic N) is 3. The first-order valence-corrected chi connectivity index (χ1v) is 4.74. The number of likely N-dealkylation sites (N-methyl/N-ethyl adjacent to an activating group) is 1. The van der Waals surface area contributed by atoms with E-state index < -0.39 is 0 Å². The summed E-state index contributed by atoms with van der Waals surface area (Å²) in [6.07, 6.45) is 0. The van der Waals surface area contributed by atoms with Crippen LogP contribution in [-0.2, 0) is 6.54 Å². The quantitative estimate of drug-likeness (QED) is 0.666. The molecule has 1 aromatic rings. The van der Waals surface area contributed by atoms with Gasteiger partial charge in [-0.1, -0.05) is 4.49 Å². The molecule has 1 rings (SSSR count). The van der Waals surface area contributed by atoms with Gasteiger partial charge in [0.25, 0.3) is 0 Å². The molecule has 0 aliphatic heterocycles. The van der Waals surface area contributed by atoms with Crippen molar-refractivity contribution in [3.8, 4) is 0 Å². The van der Waals surface area contributed by atoms with Crippen LogP contribution in [0.25, 0.3) is 0 Å². The summed E-state index contributed by atoms with van der Waals surface area (Å²) < 4.78 is 3.78. The van der Waals surface area contributed by atoms with Gasteiger partial charge in [0.1, 0.15) is 0 Å². The van der Waals surface area contributed by atoms with Crippen LogP contribution in [0.15, 0.2) is 5.38 Å². The van der Waals surface area contributed by atoms with Crippen LogP contribution in [0.4, 0.5) is 0 Å². The first kappa shape index (κ1) is 9.57. The Balaban J connectivity index is 2.04. The smallest absolute Gasteiger partial charge is 0.0893 e. The van der Waals surface area contributed by atoms with Crippen molar-refractivity contribution < 1.29 is 0 Å². The van der Waals surface area contributed by atoms with Crippen molar-refractivity contribution in [2.45, 2.75) is 6.54 Å². The number of nitrogens with one attached hydrogen (secondary N) is 1. The first-order chi connectivity index (χ1) is 5.79. The number of rotatable bonds is 5. The van der Waals surface area contributed by atoms with Gasteiger partial charge >= 0.3 is 0 Å². The van der Waals surface area contributed by atoms with E-state index in [9.17, 15) is 0 Å². The Labute approximate surface area is 76.8 Å². The fraction of sp³-hybridized carbons (Fsp3) is 0.714. The van der Waals surface area contributed by atoms with Gasteiger partial charge in [-0.05, 0) is 25.6 Å². The largest absolute Gasteiger partial charge is 0.310 e. The Morgan fingerprint density at radius 1 is 1.58 bits per heavy atom. The summed E-state index contributed by atoms with van der Waals surface area (Å²) in [5, 5.41) is 9.17. The fourth-order valence-electron chi connectivity index (χ4n) is 0.780. The van der Waals surface area contributed by atoms with Crippen LogP contribution in [0.1, 0.15) is 5.69 Å². The van der Waals surface area contributed by atoms with E-state index in [0.29, 0.717) is 0 Å². The molecule has 0 atom stereocenters. The maximum absolute atomic E-state index is 3.93. The molecule has 0 amide bonds. The molecule has 0 unspecified atom stereocenters. The van der Waals surface area contributed by atoms with Gasteiger partial charge in [0, 0.05) is 25.0 Å². The molecular formula is C7H14N4S. The average molecular weight is 186 g/mol. The highest BCUT2D eigenvalue weighted by atomic mass is 32.1. The summed E-state index contributed by atoms with van der Waals surface area (Å²) in [6.45, 7) is 2.87. The summed E-state index contributed by atoms with van der Waals surface area (Å²) in [4.78, 5) is 2.15.